The van der Waals surface area contributed by atoms with E-state index in [-0.39, 0.29) is 0 Å². The first kappa shape index (κ1) is 5.78. The zero-order chi connectivity index (χ0) is 5.98. The summed E-state index contributed by atoms with van der Waals surface area (Å²) in [4.78, 5) is 0. The van der Waals surface area contributed by atoms with Crippen molar-refractivity contribution in [2.24, 2.45) is 0 Å². The molecule has 0 fully saturated rings. The fourth-order valence-electron chi connectivity index (χ4n) is 0.436. The first-order valence-electron chi connectivity index (χ1n) is 2.29. The number of allylic oxidation sites excluding steroid dienone is 1. The molecule has 0 aromatic carbocycles. The fourth-order valence-corrected chi connectivity index (χ4v) is 1.02. The molecule has 1 aliphatic heterocycles. The summed E-state index contributed by atoms with van der Waals surface area (Å²) >= 11 is -1.29. The molecule has 1 atom stereocenters. The summed E-state index contributed by atoms with van der Waals surface area (Å²) in [5, 5.41) is 0. The van der Waals surface area contributed by atoms with Gasteiger partial charge in [0.1, 0.15) is 5.76 Å². The minimum atomic E-state index is -1.29. The van der Waals surface area contributed by atoms with Gasteiger partial charge < -0.3 is 4.18 Å². The number of nitrogens with one attached hydrogen (secondary N) is 1. The Balaban J connectivity index is 2.57. The minimum Gasteiger partial charge on any atom is -0.394 e. The summed E-state index contributed by atoms with van der Waals surface area (Å²) in [6.07, 6.45) is 1.83. The third kappa shape index (κ3) is 1.31. The van der Waals surface area contributed by atoms with Crippen molar-refractivity contribution in [1.29, 1.82) is 0 Å². The van der Waals surface area contributed by atoms with E-state index in [0.29, 0.717) is 6.54 Å². The summed E-state index contributed by atoms with van der Waals surface area (Å²) in [6, 6.07) is 0. The highest BCUT2D eigenvalue weighted by molar-refractivity contribution is 7.78. The van der Waals surface area contributed by atoms with Gasteiger partial charge in [-0.05, 0) is 13.0 Å². The van der Waals surface area contributed by atoms with Gasteiger partial charge in [-0.15, -0.1) is 0 Å². The summed E-state index contributed by atoms with van der Waals surface area (Å²) in [5.74, 6) is 0.724. The van der Waals surface area contributed by atoms with Gasteiger partial charge in [-0.3, -0.25) is 0 Å². The van der Waals surface area contributed by atoms with Crippen LogP contribution in [-0.2, 0) is 15.4 Å². The molecule has 1 heterocycles. The van der Waals surface area contributed by atoms with Gasteiger partial charge in [-0.25, -0.2) is 4.72 Å². The standard InChI is InChI=1S/C4H7NO2S/c1-4-2-3-5-8(6)7-4/h2,5H,3H2,1H3. The number of hydrogen-bond donors (Lipinski definition) is 1. The van der Waals surface area contributed by atoms with E-state index >= 15 is 0 Å². The van der Waals surface area contributed by atoms with Crippen molar-refractivity contribution in [2.45, 2.75) is 6.92 Å². The second kappa shape index (κ2) is 2.28. The monoisotopic (exact) mass is 133 g/mol. The van der Waals surface area contributed by atoms with Gasteiger partial charge in [0.2, 0.25) is 0 Å². The predicted octanol–water partition coefficient (Wildman–Crippen LogP) is 0.0887. The van der Waals surface area contributed by atoms with E-state index < -0.39 is 11.3 Å². The lowest BCUT2D eigenvalue weighted by atomic mass is 10.5. The Hall–Kier alpha value is -0.350. The predicted molar refractivity (Wildman–Crippen MR) is 31.0 cm³/mol. The molecular weight excluding hydrogens is 126 g/mol. The molecule has 1 N–H and O–H groups in total. The zero-order valence-corrected chi connectivity index (χ0v) is 5.33. The first-order chi connectivity index (χ1) is 3.79. The van der Waals surface area contributed by atoms with E-state index in [9.17, 15) is 4.21 Å². The lowest BCUT2D eigenvalue weighted by Crippen LogP contribution is -2.23. The maximum absolute atomic E-state index is 10.4. The smallest absolute Gasteiger partial charge is 0.287 e. The van der Waals surface area contributed by atoms with Crippen LogP contribution in [-0.4, -0.2) is 10.8 Å². The van der Waals surface area contributed by atoms with Crippen molar-refractivity contribution in [3.05, 3.63) is 11.8 Å². The van der Waals surface area contributed by atoms with E-state index in [4.69, 9.17) is 4.18 Å². The number of hydrogen-bond acceptors (Lipinski definition) is 2. The molecule has 1 aliphatic rings. The van der Waals surface area contributed by atoms with Crippen LogP contribution < -0.4 is 4.72 Å². The lowest BCUT2D eigenvalue weighted by Gasteiger charge is -2.09. The van der Waals surface area contributed by atoms with Crippen LogP contribution in [0.25, 0.3) is 0 Å². The Morgan fingerprint density at radius 1 is 2.00 bits per heavy atom. The van der Waals surface area contributed by atoms with E-state index in [1.807, 2.05) is 6.08 Å². The first-order valence-corrected chi connectivity index (χ1v) is 3.37. The van der Waals surface area contributed by atoms with Crippen molar-refractivity contribution < 1.29 is 8.39 Å². The molecule has 1 rings (SSSR count). The number of rotatable bonds is 0. The molecule has 0 bridgehead atoms. The molecule has 1 unspecified atom stereocenters. The second-order valence-electron chi connectivity index (χ2n) is 1.48. The Bertz CT molecular complexity index is 143. The molecule has 0 amide bonds. The minimum absolute atomic E-state index is 0.637. The van der Waals surface area contributed by atoms with Crippen LogP contribution in [0.2, 0.25) is 0 Å². The second-order valence-corrected chi connectivity index (χ2v) is 2.41. The van der Waals surface area contributed by atoms with E-state index in [1.165, 1.54) is 0 Å². The van der Waals surface area contributed by atoms with Crippen LogP contribution in [0.4, 0.5) is 0 Å². The average molecular weight is 133 g/mol. The van der Waals surface area contributed by atoms with E-state index in [1.54, 1.807) is 6.92 Å². The van der Waals surface area contributed by atoms with Crippen molar-refractivity contribution >= 4 is 11.3 Å². The molecule has 3 nitrogen and oxygen atoms in total. The van der Waals surface area contributed by atoms with E-state index in [2.05, 4.69) is 4.72 Å². The van der Waals surface area contributed by atoms with Crippen LogP contribution in [0.1, 0.15) is 6.92 Å². The maximum atomic E-state index is 10.4. The Kier molecular flexibility index (Phi) is 1.65. The third-order valence-electron chi connectivity index (χ3n) is 0.798. The Labute approximate surface area is 50.5 Å². The van der Waals surface area contributed by atoms with Crippen LogP contribution in [0.5, 0.6) is 0 Å². The molecule has 4 heteroatoms. The molecule has 0 saturated carbocycles. The van der Waals surface area contributed by atoms with Gasteiger partial charge in [-0.2, -0.15) is 4.21 Å². The molecule has 8 heavy (non-hydrogen) atoms. The Morgan fingerprint density at radius 3 is 3.12 bits per heavy atom. The van der Waals surface area contributed by atoms with Crippen LogP contribution in [0, 0.1) is 0 Å². The molecule has 0 aliphatic carbocycles. The lowest BCUT2D eigenvalue weighted by molar-refractivity contribution is 0.437. The molecule has 0 radical (unpaired) electrons. The molecule has 0 saturated heterocycles. The summed E-state index contributed by atoms with van der Waals surface area (Å²) in [7, 11) is 0. The van der Waals surface area contributed by atoms with Crippen LogP contribution >= 0.6 is 0 Å². The molecule has 0 aromatic heterocycles. The fraction of sp³-hybridized carbons (Fsp3) is 0.500. The van der Waals surface area contributed by atoms with Gasteiger partial charge >= 0.3 is 0 Å². The zero-order valence-electron chi connectivity index (χ0n) is 4.51. The highest BCUT2D eigenvalue weighted by Crippen LogP contribution is 2.00. The van der Waals surface area contributed by atoms with Crippen molar-refractivity contribution in [1.82, 2.24) is 4.72 Å². The molecule has 46 valence electrons. The summed E-state index contributed by atoms with van der Waals surface area (Å²) in [5.41, 5.74) is 0. The molecular formula is C4H7NO2S. The SMILES string of the molecule is CC1=CCNS(=O)O1. The maximum Gasteiger partial charge on any atom is 0.287 e. The van der Waals surface area contributed by atoms with Crippen molar-refractivity contribution in [3.8, 4) is 0 Å². The van der Waals surface area contributed by atoms with Gasteiger partial charge in [0, 0.05) is 6.54 Å². The van der Waals surface area contributed by atoms with Crippen LogP contribution in [0.3, 0.4) is 0 Å². The van der Waals surface area contributed by atoms with Gasteiger partial charge in [0.15, 0.2) is 0 Å². The van der Waals surface area contributed by atoms with E-state index in [0.717, 1.165) is 5.76 Å². The summed E-state index contributed by atoms with van der Waals surface area (Å²) < 4.78 is 17.7. The quantitative estimate of drug-likeness (QED) is 0.508. The van der Waals surface area contributed by atoms with Gasteiger partial charge in [0.25, 0.3) is 11.3 Å². The normalized spacial score (nSPS) is 28.6. The topological polar surface area (TPSA) is 38.3 Å². The largest absolute Gasteiger partial charge is 0.394 e. The third-order valence-corrected chi connectivity index (χ3v) is 1.61. The average Bonchev–Trinajstić information content (AvgIpc) is 1.64. The summed E-state index contributed by atoms with van der Waals surface area (Å²) in [6.45, 7) is 2.41. The van der Waals surface area contributed by atoms with Gasteiger partial charge in [-0.1, -0.05) is 0 Å². The van der Waals surface area contributed by atoms with Crippen molar-refractivity contribution in [2.75, 3.05) is 6.54 Å². The molecule has 0 aromatic rings. The molecule has 0 spiro atoms. The highest BCUT2D eigenvalue weighted by atomic mass is 32.2. The van der Waals surface area contributed by atoms with Crippen LogP contribution in [0.15, 0.2) is 11.8 Å². The highest BCUT2D eigenvalue weighted by Gasteiger charge is 2.03. The van der Waals surface area contributed by atoms with Crippen molar-refractivity contribution in [3.63, 3.8) is 0 Å². The Morgan fingerprint density at radius 2 is 2.75 bits per heavy atom. The van der Waals surface area contributed by atoms with Gasteiger partial charge in [0.05, 0.1) is 0 Å².